The smallest absolute Gasteiger partial charge is 0.262 e. The minimum Gasteiger partial charge on any atom is -0.352 e. The molecule has 0 aliphatic rings. The quantitative estimate of drug-likeness (QED) is 0.472. The molecule has 8 nitrogen and oxygen atoms in total. The largest absolute Gasteiger partial charge is 0.352 e. The highest BCUT2D eigenvalue weighted by Gasteiger charge is 2.11. The highest BCUT2D eigenvalue weighted by molar-refractivity contribution is 9.10. The van der Waals surface area contributed by atoms with E-state index in [-0.39, 0.29) is 36.3 Å². The highest BCUT2D eigenvalue weighted by atomic mass is 79.9. The molecule has 2 aromatic carbocycles. The molecule has 0 saturated heterocycles. The number of amides is 2. The molecule has 3 N–H and O–H groups in total. The molecule has 0 saturated carbocycles. The third kappa shape index (κ3) is 5.00. The van der Waals surface area contributed by atoms with Crippen LogP contribution in [0.25, 0.3) is 10.9 Å². The lowest BCUT2D eigenvalue weighted by Gasteiger charge is -2.14. The molecular weight excluding hydrogens is 438 g/mol. The van der Waals surface area contributed by atoms with Gasteiger partial charge >= 0.3 is 0 Å². The van der Waals surface area contributed by atoms with E-state index in [1.165, 1.54) is 4.57 Å². The van der Waals surface area contributed by atoms with Crippen LogP contribution in [-0.4, -0.2) is 27.9 Å². The summed E-state index contributed by atoms with van der Waals surface area (Å²) in [6, 6.07) is 14.0. The maximum atomic E-state index is 12.5. The first-order chi connectivity index (χ1) is 14.0. The van der Waals surface area contributed by atoms with Crippen LogP contribution in [0.2, 0.25) is 0 Å². The summed E-state index contributed by atoms with van der Waals surface area (Å²) < 4.78 is 2.32. The molecule has 3 aromatic rings. The zero-order valence-corrected chi connectivity index (χ0v) is 17.3. The summed E-state index contributed by atoms with van der Waals surface area (Å²) in [5, 5.41) is 3.21. The first-order valence-corrected chi connectivity index (χ1v) is 9.87. The van der Waals surface area contributed by atoms with Crippen molar-refractivity contribution in [3.63, 3.8) is 0 Å². The number of fused-ring (bicyclic) bond motifs is 1. The molecule has 0 aliphatic carbocycles. The van der Waals surface area contributed by atoms with Crippen molar-refractivity contribution < 1.29 is 9.59 Å². The second kappa shape index (κ2) is 9.33. The van der Waals surface area contributed by atoms with Crippen molar-refractivity contribution in [2.75, 3.05) is 12.0 Å². The van der Waals surface area contributed by atoms with E-state index in [1.54, 1.807) is 48.5 Å². The Morgan fingerprint density at radius 1 is 1.10 bits per heavy atom. The Labute approximate surface area is 175 Å². The van der Waals surface area contributed by atoms with Gasteiger partial charge in [-0.1, -0.05) is 28.1 Å². The molecule has 1 aromatic heterocycles. The molecule has 0 fully saturated rings. The van der Waals surface area contributed by atoms with Crippen LogP contribution in [0.3, 0.4) is 0 Å². The minimum atomic E-state index is -0.342. The van der Waals surface area contributed by atoms with Crippen LogP contribution in [0.5, 0.6) is 0 Å². The highest BCUT2D eigenvalue weighted by Crippen LogP contribution is 2.11. The molecule has 0 atom stereocenters. The topological polar surface area (TPSA) is 105 Å². The average Bonchev–Trinajstić information content (AvgIpc) is 2.73. The molecule has 2 amide bonds. The second-order valence-corrected chi connectivity index (χ2v) is 7.10. The number of carbonyl (C=O) groups is 2. The van der Waals surface area contributed by atoms with E-state index < -0.39 is 0 Å². The van der Waals surface area contributed by atoms with Gasteiger partial charge < -0.3 is 5.32 Å². The number of aromatic nitrogens is 2. The van der Waals surface area contributed by atoms with Gasteiger partial charge in [0.15, 0.2) is 0 Å². The normalized spacial score (nSPS) is 10.6. The number of hydrogen-bond acceptors (Lipinski definition) is 5. The Bertz CT molecular complexity index is 1100. The summed E-state index contributed by atoms with van der Waals surface area (Å²) in [5.74, 6) is -0.344. The van der Waals surface area contributed by atoms with E-state index in [1.807, 2.05) is 6.92 Å². The predicted octanol–water partition coefficient (Wildman–Crippen LogP) is 2.44. The number of para-hydroxylation sites is 1. The number of nitrogens with one attached hydrogen (secondary N) is 3. The molecule has 9 heteroatoms. The Balaban J connectivity index is 1.56. The number of benzene rings is 2. The summed E-state index contributed by atoms with van der Waals surface area (Å²) >= 11 is 3.31. The summed E-state index contributed by atoms with van der Waals surface area (Å²) in [4.78, 5) is 41.1. The van der Waals surface area contributed by atoms with Gasteiger partial charge in [-0.05, 0) is 43.3 Å². The number of anilines is 1. The fourth-order valence-corrected chi connectivity index (χ4v) is 3.00. The third-order valence-corrected chi connectivity index (χ3v) is 4.76. The van der Waals surface area contributed by atoms with Gasteiger partial charge in [0.1, 0.15) is 0 Å². The van der Waals surface area contributed by atoms with Crippen LogP contribution in [0.1, 0.15) is 23.7 Å². The van der Waals surface area contributed by atoms with E-state index in [0.717, 1.165) is 4.47 Å². The molecular formula is C20H20BrN5O3. The van der Waals surface area contributed by atoms with Gasteiger partial charge in [-0.2, -0.15) is 0 Å². The third-order valence-electron chi connectivity index (χ3n) is 4.24. The second-order valence-electron chi connectivity index (χ2n) is 6.19. The summed E-state index contributed by atoms with van der Waals surface area (Å²) in [7, 11) is 0. The lowest BCUT2D eigenvalue weighted by molar-refractivity contribution is -0.120. The maximum Gasteiger partial charge on any atom is 0.262 e. The Hall–Kier alpha value is -3.20. The molecule has 3 rings (SSSR count). The Kier molecular flexibility index (Phi) is 6.61. The van der Waals surface area contributed by atoms with Gasteiger partial charge in [-0.15, -0.1) is 0 Å². The minimum absolute atomic E-state index is 0.0687. The van der Waals surface area contributed by atoms with Crippen molar-refractivity contribution in [3.8, 4) is 0 Å². The fourth-order valence-electron chi connectivity index (χ4n) is 2.74. The average molecular weight is 458 g/mol. The summed E-state index contributed by atoms with van der Waals surface area (Å²) in [5.41, 5.74) is 6.10. The zero-order chi connectivity index (χ0) is 20.8. The number of hydrogen-bond donors (Lipinski definition) is 3. The molecule has 29 heavy (non-hydrogen) atoms. The van der Waals surface area contributed by atoms with Crippen molar-refractivity contribution in [3.05, 3.63) is 68.9 Å². The SMILES string of the molecule is CCn1c(NNC(=O)CCNC(=O)c2ccc(Br)cc2)nc2ccccc2c1=O. The molecule has 0 radical (unpaired) electrons. The van der Waals surface area contributed by atoms with Gasteiger partial charge in [0.2, 0.25) is 11.9 Å². The maximum absolute atomic E-state index is 12.5. The molecule has 0 aliphatic heterocycles. The van der Waals surface area contributed by atoms with E-state index >= 15 is 0 Å². The Morgan fingerprint density at radius 2 is 1.83 bits per heavy atom. The van der Waals surface area contributed by atoms with Crippen molar-refractivity contribution in [1.29, 1.82) is 0 Å². The molecule has 0 spiro atoms. The van der Waals surface area contributed by atoms with Crippen LogP contribution >= 0.6 is 15.9 Å². The molecule has 150 valence electrons. The van der Waals surface area contributed by atoms with Crippen molar-refractivity contribution >= 4 is 44.6 Å². The van der Waals surface area contributed by atoms with E-state index in [0.29, 0.717) is 23.0 Å². The van der Waals surface area contributed by atoms with Crippen LogP contribution in [-0.2, 0) is 11.3 Å². The summed E-state index contributed by atoms with van der Waals surface area (Å²) in [6.45, 7) is 2.40. The summed E-state index contributed by atoms with van der Waals surface area (Å²) in [6.07, 6.45) is 0.0687. The van der Waals surface area contributed by atoms with Crippen LogP contribution < -0.4 is 21.7 Å². The van der Waals surface area contributed by atoms with Crippen LogP contribution in [0.4, 0.5) is 5.95 Å². The molecule has 1 heterocycles. The van der Waals surface area contributed by atoms with Crippen LogP contribution in [0.15, 0.2) is 57.8 Å². The zero-order valence-electron chi connectivity index (χ0n) is 15.7. The van der Waals surface area contributed by atoms with Gasteiger partial charge in [0.25, 0.3) is 11.5 Å². The number of halogens is 1. The van der Waals surface area contributed by atoms with Gasteiger partial charge in [0, 0.05) is 29.5 Å². The predicted molar refractivity (Wildman–Crippen MR) is 115 cm³/mol. The van der Waals surface area contributed by atoms with E-state index in [4.69, 9.17) is 0 Å². The number of rotatable bonds is 7. The molecule has 0 unspecified atom stereocenters. The van der Waals surface area contributed by atoms with E-state index in [9.17, 15) is 14.4 Å². The van der Waals surface area contributed by atoms with Crippen molar-refractivity contribution in [2.24, 2.45) is 0 Å². The standard InChI is InChI=1S/C20H20BrN5O3/c1-2-26-19(29)15-5-3-4-6-16(15)23-20(26)25-24-17(27)11-12-22-18(28)13-7-9-14(21)10-8-13/h3-10H,2,11-12H2,1H3,(H,22,28)(H,23,25)(H,24,27). The molecule has 0 bridgehead atoms. The van der Waals surface area contributed by atoms with Gasteiger partial charge in [-0.3, -0.25) is 29.8 Å². The number of nitrogens with zero attached hydrogens (tertiary/aromatic N) is 2. The van der Waals surface area contributed by atoms with Gasteiger partial charge in [-0.25, -0.2) is 4.98 Å². The van der Waals surface area contributed by atoms with E-state index in [2.05, 4.69) is 37.1 Å². The van der Waals surface area contributed by atoms with Crippen molar-refractivity contribution in [2.45, 2.75) is 19.9 Å². The fraction of sp³-hybridized carbons (Fsp3) is 0.200. The van der Waals surface area contributed by atoms with Crippen molar-refractivity contribution in [1.82, 2.24) is 20.3 Å². The Morgan fingerprint density at radius 3 is 2.55 bits per heavy atom. The first kappa shape index (κ1) is 20.5. The van der Waals surface area contributed by atoms with Gasteiger partial charge in [0.05, 0.1) is 10.9 Å². The number of hydrazine groups is 1. The lowest BCUT2D eigenvalue weighted by atomic mass is 10.2. The number of carbonyl (C=O) groups excluding carboxylic acids is 2. The first-order valence-electron chi connectivity index (χ1n) is 9.07. The van der Waals surface area contributed by atoms with Crippen LogP contribution in [0, 0.1) is 0 Å². The lowest BCUT2D eigenvalue weighted by Crippen LogP contribution is -2.36. The monoisotopic (exact) mass is 457 g/mol.